The Labute approximate surface area is 95.7 Å². The number of carbonyl (C=O) groups excluding carboxylic acids is 2. The molecule has 0 fully saturated rings. The van der Waals surface area contributed by atoms with Crippen molar-refractivity contribution in [3.05, 3.63) is 12.2 Å². The Balaban J connectivity index is 4.47. The summed E-state index contributed by atoms with van der Waals surface area (Å²) in [5, 5.41) is 0. The van der Waals surface area contributed by atoms with E-state index < -0.39 is 44.7 Å². The molecule has 0 saturated heterocycles. The fourth-order valence-corrected chi connectivity index (χ4v) is 1.15. The monoisotopic (exact) mass is 290 g/mol. The van der Waals surface area contributed by atoms with E-state index in [0.29, 0.717) is 0 Å². The first-order chi connectivity index (χ1) is 7.41. The van der Waals surface area contributed by atoms with Crippen molar-refractivity contribution in [2.75, 3.05) is 0 Å². The van der Waals surface area contributed by atoms with Crippen LogP contribution >= 0.6 is 0 Å². The van der Waals surface area contributed by atoms with Crippen molar-refractivity contribution < 1.29 is 43.9 Å². The molecule has 0 aromatic heterocycles. The molecule has 0 radical (unpaired) electrons. The zero-order chi connectivity index (χ0) is 13.9. The fourth-order valence-electron chi connectivity index (χ4n) is 0.548. The highest BCUT2D eigenvalue weighted by molar-refractivity contribution is 7.81. The largest absolute Gasteiger partial charge is 0.449 e. The van der Waals surface area contributed by atoms with Gasteiger partial charge in [0.2, 0.25) is 0 Å². The summed E-state index contributed by atoms with van der Waals surface area (Å²) in [6.45, 7) is 2.88. The summed E-state index contributed by atoms with van der Waals surface area (Å²) >= 11 is 0. The Bertz CT molecular complexity index is 537. The molecule has 0 aliphatic heterocycles. The van der Waals surface area contributed by atoms with Crippen LogP contribution in [0.1, 0.15) is 6.42 Å². The van der Waals surface area contributed by atoms with Crippen LogP contribution in [0.2, 0.25) is 0 Å². The molecule has 10 nitrogen and oxygen atoms in total. The van der Waals surface area contributed by atoms with E-state index in [1.54, 1.807) is 0 Å². The van der Waals surface area contributed by atoms with E-state index in [4.69, 9.17) is 9.11 Å². The van der Waals surface area contributed by atoms with Crippen molar-refractivity contribution in [1.82, 2.24) is 0 Å². The number of rotatable bonds is 5. The Hall–Kier alpha value is -1.50. The van der Waals surface area contributed by atoms with Crippen molar-refractivity contribution >= 4 is 32.7 Å². The average Bonchev–Trinajstić information content (AvgIpc) is 1.95. The van der Waals surface area contributed by atoms with Gasteiger partial charge in [0.15, 0.2) is 0 Å². The van der Waals surface area contributed by atoms with Crippen molar-refractivity contribution in [3.8, 4) is 0 Å². The van der Waals surface area contributed by atoms with E-state index in [0.717, 1.165) is 0 Å². The highest BCUT2D eigenvalue weighted by atomic mass is 32.3. The lowest BCUT2D eigenvalue weighted by Crippen LogP contribution is -2.18. The molecule has 0 bridgehead atoms. The van der Waals surface area contributed by atoms with Crippen molar-refractivity contribution in [2.24, 2.45) is 0 Å². The third kappa shape index (κ3) is 8.32. The first-order valence-corrected chi connectivity index (χ1v) is 6.22. The zero-order valence-electron chi connectivity index (χ0n) is 7.89. The van der Waals surface area contributed by atoms with Gasteiger partial charge in [-0.25, -0.2) is 4.79 Å². The molecule has 0 spiro atoms. The molecule has 0 atom stereocenters. The lowest BCUT2D eigenvalue weighted by Gasteiger charge is -2.02. The molecule has 0 aliphatic rings. The second-order valence-electron chi connectivity index (χ2n) is 2.46. The van der Waals surface area contributed by atoms with Gasteiger partial charge in [-0.05, 0) is 0 Å². The summed E-state index contributed by atoms with van der Waals surface area (Å²) in [7, 11) is -10.1. The van der Waals surface area contributed by atoms with Crippen LogP contribution in [0.3, 0.4) is 0 Å². The third-order valence-corrected chi connectivity index (χ3v) is 1.78. The van der Waals surface area contributed by atoms with E-state index in [1.165, 1.54) is 0 Å². The van der Waals surface area contributed by atoms with Gasteiger partial charge in [-0.3, -0.25) is 13.9 Å². The van der Waals surface area contributed by atoms with Gasteiger partial charge in [-0.1, -0.05) is 6.58 Å². The molecule has 0 aliphatic carbocycles. The van der Waals surface area contributed by atoms with Gasteiger partial charge in [0.05, 0.1) is 6.42 Å². The Kier molecular flexibility index (Phi) is 4.76. The molecule has 0 heterocycles. The van der Waals surface area contributed by atoms with Crippen molar-refractivity contribution in [3.63, 3.8) is 0 Å². The van der Waals surface area contributed by atoms with E-state index in [9.17, 15) is 26.4 Å². The van der Waals surface area contributed by atoms with E-state index in [1.807, 2.05) is 0 Å². The molecule has 17 heavy (non-hydrogen) atoms. The minimum absolute atomic E-state index is 0.809. The summed E-state index contributed by atoms with van der Waals surface area (Å²) < 4.78 is 63.2. The molecular formula is C5H6O10S2. The van der Waals surface area contributed by atoms with Gasteiger partial charge in [0.1, 0.15) is 0 Å². The highest BCUT2D eigenvalue weighted by Crippen LogP contribution is 2.06. The smallest absolute Gasteiger partial charge is 0.325 e. The highest BCUT2D eigenvalue weighted by Gasteiger charge is 2.21. The molecule has 0 aromatic carbocycles. The fraction of sp³-hybridized carbons (Fsp3) is 0.200. The van der Waals surface area contributed by atoms with Crippen LogP contribution in [0.5, 0.6) is 0 Å². The summed E-state index contributed by atoms with van der Waals surface area (Å²) in [5.41, 5.74) is -0.809. The first kappa shape index (κ1) is 15.5. The maximum absolute atomic E-state index is 10.8. The number of carbonyl (C=O) groups is 2. The molecule has 0 rings (SSSR count). The topological polar surface area (TPSA) is 161 Å². The van der Waals surface area contributed by atoms with Crippen LogP contribution in [0.15, 0.2) is 12.2 Å². The minimum atomic E-state index is -5.07. The Morgan fingerprint density at radius 2 is 1.41 bits per heavy atom. The lowest BCUT2D eigenvalue weighted by atomic mass is 10.2. The van der Waals surface area contributed by atoms with Gasteiger partial charge in [0.25, 0.3) is 0 Å². The third-order valence-electron chi connectivity index (χ3n) is 1.03. The first-order valence-electron chi connectivity index (χ1n) is 3.49. The normalized spacial score (nSPS) is 11.6. The van der Waals surface area contributed by atoms with Crippen LogP contribution in [0.4, 0.5) is 0 Å². The van der Waals surface area contributed by atoms with E-state index in [-0.39, 0.29) is 0 Å². The second kappa shape index (κ2) is 5.22. The second-order valence-corrected chi connectivity index (χ2v) is 4.51. The quantitative estimate of drug-likeness (QED) is 0.456. The van der Waals surface area contributed by atoms with Crippen LogP contribution in [0.25, 0.3) is 0 Å². The molecular weight excluding hydrogens is 284 g/mol. The molecule has 0 aromatic rings. The zero-order valence-corrected chi connectivity index (χ0v) is 9.52. The van der Waals surface area contributed by atoms with Crippen LogP contribution in [-0.2, 0) is 38.8 Å². The molecule has 98 valence electrons. The van der Waals surface area contributed by atoms with Crippen LogP contribution in [-0.4, -0.2) is 37.9 Å². The standard InChI is InChI=1S/C5H6O10S2/c1-3(5(7)15-17(11,12)13)2-4(6)14-16(8,9)10/h1-2H2,(H,8,9,10)(H,11,12,13). The molecule has 0 amide bonds. The lowest BCUT2D eigenvalue weighted by molar-refractivity contribution is -0.137. The summed E-state index contributed by atoms with van der Waals surface area (Å²) in [6.07, 6.45) is -1.06. The number of hydrogen-bond donors (Lipinski definition) is 2. The molecule has 0 unspecified atom stereocenters. The van der Waals surface area contributed by atoms with Gasteiger partial charge in [0, 0.05) is 5.57 Å². The van der Waals surface area contributed by atoms with Gasteiger partial charge in [-0.2, -0.15) is 16.8 Å². The SMILES string of the molecule is C=C(CC(=O)OS(=O)(=O)O)C(=O)OS(=O)(=O)O. The maximum Gasteiger partial charge on any atom is 0.449 e. The average molecular weight is 290 g/mol. The van der Waals surface area contributed by atoms with Gasteiger partial charge >= 0.3 is 32.7 Å². The Morgan fingerprint density at radius 3 is 1.76 bits per heavy atom. The summed E-state index contributed by atoms with van der Waals surface area (Å²) in [6, 6.07) is 0. The van der Waals surface area contributed by atoms with Gasteiger partial charge < -0.3 is 8.37 Å². The van der Waals surface area contributed by atoms with E-state index >= 15 is 0 Å². The van der Waals surface area contributed by atoms with E-state index in [2.05, 4.69) is 14.9 Å². The molecule has 12 heteroatoms. The Morgan fingerprint density at radius 1 is 1.00 bits per heavy atom. The van der Waals surface area contributed by atoms with Gasteiger partial charge in [-0.15, -0.1) is 0 Å². The summed E-state index contributed by atoms with van der Waals surface area (Å²) in [4.78, 5) is 21.5. The van der Waals surface area contributed by atoms with Crippen molar-refractivity contribution in [1.29, 1.82) is 0 Å². The molecule has 2 N–H and O–H groups in total. The van der Waals surface area contributed by atoms with Crippen molar-refractivity contribution in [2.45, 2.75) is 6.42 Å². The minimum Gasteiger partial charge on any atom is -0.325 e. The predicted molar refractivity (Wildman–Crippen MR) is 49.0 cm³/mol. The number of hydrogen-bond acceptors (Lipinski definition) is 8. The summed E-state index contributed by atoms with van der Waals surface area (Å²) in [5.74, 6) is -3.27. The van der Waals surface area contributed by atoms with Crippen LogP contribution < -0.4 is 0 Å². The maximum atomic E-state index is 10.8. The molecule has 0 saturated carbocycles. The van der Waals surface area contributed by atoms with Crippen LogP contribution in [0, 0.1) is 0 Å². The predicted octanol–water partition coefficient (Wildman–Crippen LogP) is -1.38.